The second-order valence-corrected chi connectivity index (χ2v) is 7.06. The highest BCUT2D eigenvalue weighted by Crippen LogP contribution is 2.41. The lowest BCUT2D eigenvalue weighted by molar-refractivity contribution is -0.122. The van der Waals surface area contributed by atoms with Gasteiger partial charge in [-0.3, -0.25) is 15.0 Å². The van der Waals surface area contributed by atoms with Gasteiger partial charge in [0.15, 0.2) is 0 Å². The van der Waals surface area contributed by atoms with E-state index in [0.717, 1.165) is 37.4 Å². The number of likely N-dealkylation sites (tertiary alicyclic amines) is 1. The Labute approximate surface area is 138 Å². The molecule has 1 aliphatic carbocycles. The van der Waals surface area contributed by atoms with Crippen LogP contribution < -0.4 is 16.4 Å². The van der Waals surface area contributed by atoms with Crippen LogP contribution >= 0.6 is 11.3 Å². The summed E-state index contributed by atoms with van der Waals surface area (Å²) in [5.74, 6) is 0.292. The van der Waals surface area contributed by atoms with Gasteiger partial charge in [-0.25, -0.2) is 4.79 Å². The lowest BCUT2D eigenvalue weighted by Crippen LogP contribution is -2.41. The van der Waals surface area contributed by atoms with Gasteiger partial charge >= 0.3 is 6.03 Å². The molecule has 8 nitrogen and oxygen atoms in total. The largest absolute Gasteiger partial charge is 0.368 e. The van der Waals surface area contributed by atoms with Gasteiger partial charge in [-0.2, -0.15) is 0 Å². The minimum absolute atomic E-state index is 0.147. The van der Waals surface area contributed by atoms with Gasteiger partial charge in [0.2, 0.25) is 11.0 Å². The lowest BCUT2D eigenvalue weighted by atomic mass is 10.2. The Kier molecular flexibility index (Phi) is 5.06. The predicted octanol–water partition coefficient (Wildman–Crippen LogP) is 0.877. The highest BCUT2D eigenvalue weighted by atomic mass is 32.1. The fourth-order valence-corrected chi connectivity index (χ4v) is 3.73. The molecule has 0 radical (unpaired) electrons. The Balaban J connectivity index is 1.33. The maximum atomic E-state index is 11.8. The molecule has 1 atom stereocenters. The van der Waals surface area contributed by atoms with Gasteiger partial charge in [0.1, 0.15) is 5.01 Å². The van der Waals surface area contributed by atoms with E-state index in [1.54, 1.807) is 0 Å². The maximum absolute atomic E-state index is 11.8. The monoisotopic (exact) mass is 338 g/mol. The van der Waals surface area contributed by atoms with E-state index >= 15 is 0 Å². The first-order valence-corrected chi connectivity index (χ1v) is 8.87. The molecule has 1 saturated carbocycles. The molecule has 1 aromatic heterocycles. The molecule has 3 rings (SSSR count). The molecule has 9 heteroatoms. The van der Waals surface area contributed by atoms with Crippen LogP contribution in [0, 0.1) is 0 Å². The number of urea groups is 1. The molecule has 3 amide bonds. The summed E-state index contributed by atoms with van der Waals surface area (Å²) in [7, 11) is 0. The van der Waals surface area contributed by atoms with E-state index in [-0.39, 0.29) is 18.0 Å². The molecule has 23 heavy (non-hydrogen) atoms. The normalized spacial score (nSPS) is 21.3. The smallest absolute Gasteiger partial charge is 0.321 e. The summed E-state index contributed by atoms with van der Waals surface area (Å²) in [6.45, 7) is 2.20. The summed E-state index contributed by atoms with van der Waals surface area (Å²) in [6, 6.07) is -0.414. The van der Waals surface area contributed by atoms with E-state index in [9.17, 15) is 9.59 Å². The standard InChI is InChI=1S/C14H22N6O2S/c15-11(21)10-3-1-7-20(10)8-2-6-16-13(22)17-14-19-18-12(23-14)9-4-5-9/h9-10H,1-8H2,(H2,15,21)(H2,16,17,19,22)/t10-/m0/s1. The summed E-state index contributed by atoms with van der Waals surface area (Å²) >= 11 is 1.44. The van der Waals surface area contributed by atoms with Gasteiger partial charge in [0.25, 0.3) is 0 Å². The molecule has 1 aliphatic heterocycles. The number of amides is 3. The molecule has 126 valence electrons. The quantitative estimate of drug-likeness (QED) is 0.639. The number of anilines is 1. The highest BCUT2D eigenvalue weighted by molar-refractivity contribution is 7.15. The van der Waals surface area contributed by atoms with Gasteiger partial charge in [0.05, 0.1) is 6.04 Å². The van der Waals surface area contributed by atoms with Crippen LogP contribution in [0.1, 0.15) is 43.0 Å². The minimum atomic E-state index is -0.267. The summed E-state index contributed by atoms with van der Waals surface area (Å²) in [5.41, 5.74) is 5.38. The van der Waals surface area contributed by atoms with E-state index in [2.05, 4.69) is 25.7 Å². The number of carbonyl (C=O) groups excluding carboxylic acids is 2. The van der Waals surface area contributed by atoms with Crippen molar-refractivity contribution in [1.29, 1.82) is 0 Å². The number of rotatable bonds is 7. The van der Waals surface area contributed by atoms with Crippen LogP contribution in [0.25, 0.3) is 0 Å². The van der Waals surface area contributed by atoms with E-state index in [1.807, 2.05) is 0 Å². The molecule has 0 unspecified atom stereocenters. The second-order valence-electron chi connectivity index (χ2n) is 6.05. The van der Waals surface area contributed by atoms with Crippen LogP contribution in [0.5, 0.6) is 0 Å². The number of nitrogens with one attached hydrogen (secondary N) is 2. The van der Waals surface area contributed by atoms with Crippen LogP contribution in [0.2, 0.25) is 0 Å². The first-order chi connectivity index (χ1) is 11.1. The Bertz CT molecular complexity index is 573. The predicted molar refractivity (Wildman–Crippen MR) is 87.3 cm³/mol. The van der Waals surface area contributed by atoms with E-state index < -0.39 is 0 Å². The summed E-state index contributed by atoms with van der Waals surface area (Å²) < 4.78 is 0. The van der Waals surface area contributed by atoms with Crippen LogP contribution in [0.15, 0.2) is 0 Å². The van der Waals surface area contributed by atoms with E-state index in [0.29, 0.717) is 17.6 Å². The molecule has 2 fully saturated rings. The molecule has 4 N–H and O–H groups in total. The Morgan fingerprint density at radius 1 is 1.30 bits per heavy atom. The topological polar surface area (TPSA) is 113 Å². The van der Waals surface area contributed by atoms with Gasteiger partial charge in [-0.1, -0.05) is 11.3 Å². The summed E-state index contributed by atoms with van der Waals surface area (Å²) in [4.78, 5) is 25.2. The van der Waals surface area contributed by atoms with Crippen molar-refractivity contribution >= 4 is 28.4 Å². The average molecular weight is 338 g/mol. The first-order valence-electron chi connectivity index (χ1n) is 8.05. The minimum Gasteiger partial charge on any atom is -0.368 e. The van der Waals surface area contributed by atoms with Crippen molar-refractivity contribution in [1.82, 2.24) is 20.4 Å². The zero-order chi connectivity index (χ0) is 16.2. The Hall–Kier alpha value is -1.74. The zero-order valence-electron chi connectivity index (χ0n) is 13.0. The number of nitrogens with two attached hydrogens (primary N) is 1. The van der Waals surface area contributed by atoms with E-state index in [4.69, 9.17) is 5.73 Å². The van der Waals surface area contributed by atoms with Crippen molar-refractivity contribution in [2.45, 2.75) is 44.1 Å². The van der Waals surface area contributed by atoms with Crippen molar-refractivity contribution in [2.24, 2.45) is 5.73 Å². The number of nitrogens with zero attached hydrogens (tertiary/aromatic N) is 3. The molecule has 0 aromatic carbocycles. The Morgan fingerprint density at radius 2 is 2.13 bits per heavy atom. The van der Waals surface area contributed by atoms with Crippen LogP contribution in [-0.2, 0) is 4.79 Å². The van der Waals surface area contributed by atoms with Crippen LogP contribution in [0.4, 0.5) is 9.93 Å². The summed E-state index contributed by atoms with van der Waals surface area (Å²) in [5, 5.41) is 15.1. The lowest BCUT2D eigenvalue weighted by Gasteiger charge is -2.21. The first kappa shape index (κ1) is 16.1. The van der Waals surface area contributed by atoms with Crippen LogP contribution in [-0.4, -0.2) is 52.7 Å². The van der Waals surface area contributed by atoms with Crippen molar-refractivity contribution in [3.05, 3.63) is 5.01 Å². The van der Waals surface area contributed by atoms with Gasteiger partial charge in [-0.05, 0) is 38.6 Å². The molecule has 1 aromatic rings. The molecule has 0 spiro atoms. The second kappa shape index (κ2) is 7.22. The van der Waals surface area contributed by atoms with Gasteiger partial charge < -0.3 is 11.1 Å². The van der Waals surface area contributed by atoms with Gasteiger partial charge in [-0.15, -0.1) is 10.2 Å². The maximum Gasteiger partial charge on any atom is 0.321 e. The number of hydrogen-bond acceptors (Lipinski definition) is 6. The molecular formula is C14H22N6O2S. The Morgan fingerprint density at radius 3 is 2.87 bits per heavy atom. The third-order valence-corrected chi connectivity index (χ3v) is 5.19. The van der Waals surface area contributed by atoms with Crippen molar-refractivity contribution < 1.29 is 9.59 Å². The van der Waals surface area contributed by atoms with Crippen molar-refractivity contribution in [3.63, 3.8) is 0 Å². The molecular weight excluding hydrogens is 316 g/mol. The number of carbonyl (C=O) groups is 2. The van der Waals surface area contributed by atoms with Gasteiger partial charge in [0, 0.05) is 19.0 Å². The third-order valence-electron chi connectivity index (χ3n) is 4.19. The highest BCUT2D eigenvalue weighted by Gasteiger charge is 2.28. The molecule has 0 bridgehead atoms. The van der Waals surface area contributed by atoms with E-state index in [1.165, 1.54) is 24.2 Å². The summed E-state index contributed by atoms with van der Waals surface area (Å²) in [6.07, 6.45) is 4.96. The molecule has 2 heterocycles. The van der Waals surface area contributed by atoms with Crippen molar-refractivity contribution in [2.75, 3.05) is 25.0 Å². The zero-order valence-corrected chi connectivity index (χ0v) is 13.8. The average Bonchev–Trinajstić information content (AvgIpc) is 3.07. The molecule has 2 aliphatic rings. The SMILES string of the molecule is NC(=O)[C@@H]1CCCN1CCCNC(=O)Nc1nnc(C2CC2)s1. The number of primary amides is 1. The van der Waals surface area contributed by atoms with Crippen molar-refractivity contribution in [3.8, 4) is 0 Å². The number of hydrogen-bond donors (Lipinski definition) is 3. The molecule has 1 saturated heterocycles. The van der Waals surface area contributed by atoms with Crippen LogP contribution in [0.3, 0.4) is 0 Å². The fraction of sp³-hybridized carbons (Fsp3) is 0.714. The third kappa shape index (κ3) is 4.38. The number of aromatic nitrogens is 2. The fourth-order valence-electron chi connectivity index (χ4n) is 2.82.